The van der Waals surface area contributed by atoms with Gasteiger partial charge in [-0.15, -0.1) is 0 Å². The van der Waals surface area contributed by atoms with Gasteiger partial charge in [-0.25, -0.2) is 20.4 Å². The molecule has 0 fully saturated rings. The molecule has 6 N–H and O–H groups in total. The number of carbonyl (C=O) groups is 2. The van der Waals surface area contributed by atoms with Crippen LogP contribution in [0.4, 0.5) is 9.59 Å². The van der Waals surface area contributed by atoms with E-state index >= 15 is 0 Å². The number of hydrazone groups is 2. The van der Waals surface area contributed by atoms with Gasteiger partial charge in [-0.1, -0.05) is 0 Å². The molecule has 0 atom stereocenters. The van der Waals surface area contributed by atoms with Crippen molar-refractivity contribution in [3.8, 4) is 0 Å². The normalized spacial score (nSPS) is 11.4. The Morgan fingerprint density at radius 2 is 1.86 bits per heavy atom. The van der Waals surface area contributed by atoms with Crippen LogP contribution in [0.25, 0.3) is 0 Å². The molecule has 0 saturated heterocycles. The Morgan fingerprint density at radius 1 is 1.29 bits per heavy atom. The summed E-state index contributed by atoms with van der Waals surface area (Å²) in [5.74, 6) is 0. The predicted molar refractivity (Wildman–Crippen MR) is 51.7 cm³/mol. The van der Waals surface area contributed by atoms with Crippen LogP contribution < -0.4 is 22.3 Å². The molecule has 4 amide bonds. The van der Waals surface area contributed by atoms with Gasteiger partial charge in [0.25, 0.3) is 0 Å². The minimum Gasteiger partial charge on any atom is -0.350 e. The molecule has 0 bridgehead atoms. The average molecular weight is 200 g/mol. The van der Waals surface area contributed by atoms with Crippen molar-refractivity contribution in [2.75, 3.05) is 0 Å². The van der Waals surface area contributed by atoms with Crippen molar-refractivity contribution in [2.45, 2.75) is 13.3 Å². The molecule has 8 nitrogen and oxygen atoms in total. The summed E-state index contributed by atoms with van der Waals surface area (Å²) >= 11 is 0. The number of hydrogen-bond acceptors (Lipinski definition) is 4. The average Bonchev–Trinajstić information content (AvgIpc) is 2.08. The van der Waals surface area contributed by atoms with Gasteiger partial charge in [0.15, 0.2) is 0 Å². The van der Waals surface area contributed by atoms with Gasteiger partial charge in [-0.2, -0.15) is 10.2 Å². The lowest BCUT2D eigenvalue weighted by molar-refractivity contribution is 0.248. The molecule has 0 aliphatic carbocycles. The monoisotopic (exact) mass is 200 g/mol. The number of nitrogens with two attached hydrogens (primary N) is 2. The molecular weight excluding hydrogens is 188 g/mol. The molecule has 78 valence electrons. The topological polar surface area (TPSA) is 135 Å². The van der Waals surface area contributed by atoms with Crippen LogP contribution in [0.3, 0.4) is 0 Å². The molecule has 0 radical (unpaired) electrons. The first-order chi connectivity index (χ1) is 6.52. The highest BCUT2D eigenvalue weighted by molar-refractivity contribution is 5.94. The highest BCUT2D eigenvalue weighted by atomic mass is 16.2. The maximum absolute atomic E-state index is 10.2. The second-order valence-electron chi connectivity index (χ2n) is 2.31. The van der Waals surface area contributed by atoms with Crippen LogP contribution >= 0.6 is 0 Å². The largest absolute Gasteiger partial charge is 0.350 e. The zero-order valence-corrected chi connectivity index (χ0v) is 7.65. The molecule has 0 aromatic carbocycles. The maximum atomic E-state index is 10.2. The second kappa shape index (κ2) is 6.40. The summed E-state index contributed by atoms with van der Waals surface area (Å²) in [5, 5.41) is 7.06. The maximum Gasteiger partial charge on any atom is 0.332 e. The molecule has 14 heavy (non-hydrogen) atoms. The SMILES string of the molecule is C/C(CC=NNC(N)=O)=N/NC(N)=O. The zero-order chi connectivity index (χ0) is 11.0. The smallest absolute Gasteiger partial charge is 0.332 e. The van der Waals surface area contributed by atoms with Crippen molar-refractivity contribution in [3.63, 3.8) is 0 Å². The van der Waals surface area contributed by atoms with Crippen LogP contribution in [0, 0.1) is 0 Å². The Balaban J connectivity index is 3.77. The van der Waals surface area contributed by atoms with E-state index in [0.29, 0.717) is 12.1 Å². The number of nitrogens with one attached hydrogen (secondary N) is 2. The Morgan fingerprint density at radius 3 is 2.36 bits per heavy atom. The van der Waals surface area contributed by atoms with Crippen LogP contribution in [0.15, 0.2) is 10.2 Å². The zero-order valence-electron chi connectivity index (χ0n) is 7.65. The van der Waals surface area contributed by atoms with Crippen LogP contribution in [0.1, 0.15) is 13.3 Å². The van der Waals surface area contributed by atoms with Gasteiger partial charge in [0, 0.05) is 18.3 Å². The van der Waals surface area contributed by atoms with Gasteiger partial charge in [-0.3, -0.25) is 0 Å². The minimum atomic E-state index is -0.744. The Hall–Kier alpha value is -2.12. The lowest BCUT2D eigenvalue weighted by Gasteiger charge is -1.95. The first-order valence-corrected chi connectivity index (χ1v) is 3.68. The van der Waals surface area contributed by atoms with Gasteiger partial charge in [-0.05, 0) is 6.92 Å². The van der Waals surface area contributed by atoms with E-state index < -0.39 is 12.1 Å². The summed E-state index contributed by atoms with van der Waals surface area (Å²) in [6.45, 7) is 1.66. The Labute approximate surface area is 80.4 Å². The van der Waals surface area contributed by atoms with E-state index in [1.165, 1.54) is 6.21 Å². The number of carbonyl (C=O) groups excluding carboxylic acids is 2. The van der Waals surface area contributed by atoms with Crippen LogP contribution in [-0.4, -0.2) is 24.0 Å². The third kappa shape index (κ3) is 7.98. The molecular formula is C6H12N6O2. The lowest BCUT2D eigenvalue weighted by atomic mass is 10.3. The van der Waals surface area contributed by atoms with Crippen LogP contribution in [0.5, 0.6) is 0 Å². The van der Waals surface area contributed by atoms with Crippen LogP contribution in [-0.2, 0) is 0 Å². The molecule has 0 aliphatic heterocycles. The van der Waals surface area contributed by atoms with Gasteiger partial charge < -0.3 is 11.5 Å². The summed E-state index contributed by atoms with van der Waals surface area (Å²) in [6.07, 6.45) is 1.74. The highest BCUT2D eigenvalue weighted by Gasteiger charge is 1.90. The van der Waals surface area contributed by atoms with Gasteiger partial charge in [0.1, 0.15) is 0 Å². The molecule has 0 aliphatic rings. The standard InChI is InChI=1S/C6H12N6O2/c1-4(10-12-6(8)14)2-3-9-11-5(7)13/h3H,2H2,1H3,(H3,7,11,13)(H3,8,12,14)/b9-3?,10-4-. The van der Waals surface area contributed by atoms with E-state index in [0.717, 1.165) is 0 Å². The third-order valence-corrected chi connectivity index (χ3v) is 1.01. The number of hydrogen-bond donors (Lipinski definition) is 4. The van der Waals surface area contributed by atoms with E-state index in [1.54, 1.807) is 6.92 Å². The van der Waals surface area contributed by atoms with Gasteiger partial charge >= 0.3 is 12.1 Å². The van der Waals surface area contributed by atoms with Crippen LogP contribution in [0.2, 0.25) is 0 Å². The predicted octanol–water partition coefficient (Wildman–Crippen LogP) is -0.925. The first-order valence-electron chi connectivity index (χ1n) is 3.68. The summed E-state index contributed by atoms with van der Waals surface area (Å²) in [4.78, 5) is 20.4. The number of rotatable bonds is 4. The van der Waals surface area contributed by atoms with Gasteiger partial charge in [0.05, 0.1) is 0 Å². The van der Waals surface area contributed by atoms with E-state index in [4.69, 9.17) is 11.5 Å². The van der Waals surface area contributed by atoms with Crippen molar-refractivity contribution >= 4 is 24.0 Å². The third-order valence-electron chi connectivity index (χ3n) is 1.01. The van der Waals surface area contributed by atoms with Crippen molar-refractivity contribution in [2.24, 2.45) is 21.7 Å². The van der Waals surface area contributed by atoms with Gasteiger partial charge in [0.2, 0.25) is 0 Å². The lowest BCUT2D eigenvalue weighted by Crippen LogP contribution is -2.25. The molecule has 0 heterocycles. The summed E-state index contributed by atoms with van der Waals surface area (Å²) < 4.78 is 0. The molecule has 8 heteroatoms. The quantitative estimate of drug-likeness (QED) is 0.344. The summed E-state index contributed by atoms with van der Waals surface area (Å²) in [6, 6.07) is -1.48. The molecule has 0 aromatic rings. The number of amides is 4. The van der Waals surface area contributed by atoms with E-state index in [9.17, 15) is 9.59 Å². The van der Waals surface area contributed by atoms with E-state index in [1.807, 2.05) is 10.9 Å². The number of primary amides is 2. The fourth-order valence-corrected chi connectivity index (χ4v) is 0.483. The van der Waals surface area contributed by atoms with E-state index in [2.05, 4.69) is 10.2 Å². The molecule has 0 rings (SSSR count). The molecule has 0 spiro atoms. The minimum absolute atomic E-state index is 0.362. The number of nitrogens with zero attached hydrogens (tertiary/aromatic N) is 2. The first kappa shape index (κ1) is 11.9. The summed E-state index contributed by atoms with van der Waals surface area (Å²) in [5.41, 5.74) is 14.1. The van der Waals surface area contributed by atoms with Crippen molar-refractivity contribution in [1.82, 2.24) is 10.9 Å². The Bertz CT molecular complexity index is 271. The molecule has 0 aromatic heterocycles. The Kier molecular flexibility index (Phi) is 5.43. The van der Waals surface area contributed by atoms with Crippen molar-refractivity contribution in [3.05, 3.63) is 0 Å². The highest BCUT2D eigenvalue weighted by Crippen LogP contribution is 1.80. The number of urea groups is 2. The van der Waals surface area contributed by atoms with Crippen molar-refractivity contribution in [1.29, 1.82) is 0 Å². The molecule has 0 saturated carbocycles. The molecule has 0 unspecified atom stereocenters. The fraction of sp³-hybridized carbons (Fsp3) is 0.333. The van der Waals surface area contributed by atoms with Crippen molar-refractivity contribution < 1.29 is 9.59 Å². The second-order valence-corrected chi connectivity index (χ2v) is 2.31. The fourth-order valence-electron chi connectivity index (χ4n) is 0.483. The van der Waals surface area contributed by atoms with E-state index in [-0.39, 0.29) is 0 Å². The summed E-state index contributed by atoms with van der Waals surface area (Å²) in [7, 11) is 0.